The monoisotopic (exact) mass is 280 g/mol. The number of imide groups is 1. The van der Waals surface area contributed by atoms with Gasteiger partial charge in [0, 0.05) is 23.6 Å². The molecule has 0 aromatic heterocycles. The molecule has 2 N–H and O–H groups in total. The second-order valence-electron chi connectivity index (χ2n) is 5.73. The number of hydrogen-bond acceptors (Lipinski definition) is 3. The van der Waals surface area contributed by atoms with Gasteiger partial charge in [-0.1, -0.05) is 31.5 Å². The van der Waals surface area contributed by atoms with Gasteiger partial charge >= 0.3 is 0 Å². The predicted octanol–water partition coefficient (Wildman–Crippen LogP) is 2.60. The Morgan fingerprint density at radius 3 is 2.37 bits per heavy atom. The lowest BCUT2D eigenvalue weighted by Crippen LogP contribution is -2.45. The predicted molar refractivity (Wildman–Crippen MR) is 74.4 cm³/mol. The van der Waals surface area contributed by atoms with Crippen LogP contribution in [0.4, 0.5) is 5.69 Å². The zero-order valence-electron chi connectivity index (χ0n) is 11.1. The van der Waals surface area contributed by atoms with Crippen molar-refractivity contribution < 1.29 is 9.59 Å². The summed E-state index contributed by atoms with van der Waals surface area (Å²) in [6.07, 6.45) is 0.762. The van der Waals surface area contributed by atoms with E-state index in [9.17, 15) is 9.59 Å². The average Bonchev–Trinajstić information content (AvgIpc) is 2.24. The van der Waals surface area contributed by atoms with Crippen LogP contribution in [0.2, 0.25) is 5.02 Å². The van der Waals surface area contributed by atoms with Gasteiger partial charge in [0.05, 0.1) is 6.54 Å². The molecule has 0 spiro atoms. The summed E-state index contributed by atoms with van der Waals surface area (Å²) in [6.45, 7) is 4.07. The van der Waals surface area contributed by atoms with Crippen LogP contribution in [-0.4, -0.2) is 16.7 Å². The number of likely N-dealkylation sites (tertiary alicyclic amines) is 1. The van der Waals surface area contributed by atoms with Crippen molar-refractivity contribution in [1.82, 2.24) is 4.90 Å². The normalized spacial score (nSPS) is 18.8. The van der Waals surface area contributed by atoms with Crippen molar-refractivity contribution in [3.05, 3.63) is 28.8 Å². The van der Waals surface area contributed by atoms with Crippen LogP contribution in [0.5, 0.6) is 0 Å². The summed E-state index contributed by atoms with van der Waals surface area (Å²) in [7, 11) is 0. The summed E-state index contributed by atoms with van der Waals surface area (Å²) in [6, 6.07) is 5.08. The summed E-state index contributed by atoms with van der Waals surface area (Å²) in [5.41, 5.74) is 6.83. The molecule has 5 heteroatoms. The Morgan fingerprint density at radius 2 is 1.84 bits per heavy atom. The van der Waals surface area contributed by atoms with E-state index in [1.54, 1.807) is 18.2 Å². The van der Waals surface area contributed by atoms with Crippen LogP contribution in [0.1, 0.15) is 32.3 Å². The summed E-state index contributed by atoms with van der Waals surface area (Å²) < 4.78 is 0. The number of rotatable bonds is 2. The molecule has 1 heterocycles. The van der Waals surface area contributed by atoms with Crippen molar-refractivity contribution in [3.63, 3.8) is 0 Å². The highest BCUT2D eigenvalue weighted by atomic mass is 35.5. The van der Waals surface area contributed by atoms with Crippen LogP contribution in [-0.2, 0) is 16.1 Å². The highest BCUT2D eigenvalue weighted by molar-refractivity contribution is 6.30. The molecule has 0 saturated carbocycles. The Bertz CT molecular complexity index is 520. The fourth-order valence-electron chi connectivity index (χ4n) is 2.27. The minimum atomic E-state index is -0.254. The number of amides is 2. The van der Waals surface area contributed by atoms with Crippen LogP contribution < -0.4 is 5.73 Å². The van der Waals surface area contributed by atoms with Crippen molar-refractivity contribution in [3.8, 4) is 0 Å². The number of halogens is 1. The second-order valence-corrected chi connectivity index (χ2v) is 6.17. The number of anilines is 1. The molecule has 0 atom stereocenters. The standard InChI is InChI=1S/C14H17ClN2O2/c1-14(2)6-12(18)17(13(19)7-14)8-9-3-4-10(15)5-11(9)16/h3-5H,6-8,16H2,1-2H3. The quantitative estimate of drug-likeness (QED) is 0.669. The maximum absolute atomic E-state index is 12.0. The number of piperidine rings is 1. The Morgan fingerprint density at radius 1 is 1.26 bits per heavy atom. The van der Waals surface area contributed by atoms with E-state index in [1.807, 2.05) is 13.8 Å². The van der Waals surface area contributed by atoms with Gasteiger partial charge in [0.25, 0.3) is 0 Å². The molecule has 0 unspecified atom stereocenters. The summed E-state index contributed by atoms with van der Waals surface area (Å²) in [5.74, 6) is -0.286. The number of nitrogens with zero attached hydrogens (tertiary/aromatic N) is 1. The minimum absolute atomic E-state index is 0.143. The van der Waals surface area contributed by atoms with Crippen molar-refractivity contribution in [1.29, 1.82) is 0 Å². The van der Waals surface area contributed by atoms with Crippen LogP contribution in [0.25, 0.3) is 0 Å². The van der Waals surface area contributed by atoms with Gasteiger partial charge in [-0.05, 0) is 23.1 Å². The Balaban J connectivity index is 2.19. The number of benzene rings is 1. The Kier molecular flexibility index (Phi) is 3.54. The van der Waals surface area contributed by atoms with Gasteiger partial charge in [-0.2, -0.15) is 0 Å². The fraction of sp³-hybridized carbons (Fsp3) is 0.429. The zero-order chi connectivity index (χ0) is 14.2. The molecule has 102 valence electrons. The first-order chi connectivity index (χ1) is 8.78. The molecule has 19 heavy (non-hydrogen) atoms. The molecule has 1 fully saturated rings. The second kappa shape index (κ2) is 4.85. The fourth-order valence-corrected chi connectivity index (χ4v) is 2.45. The third kappa shape index (κ3) is 3.07. The van der Waals surface area contributed by atoms with E-state index in [0.717, 1.165) is 5.56 Å². The van der Waals surface area contributed by atoms with E-state index >= 15 is 0 Å². The molecule has 1 aliphatic rings. The number of hydrogen-bond donors (Lipinski definition) is 1. The summed E-state index contributed by atoms with van der Waals surface area (Å²) in [4.78, 5) is 25.4. The first kappa shape index (κ1) is 13.9. The van der Waals surface area contributed by atoms with Gasteiger partial charge in [-0.15, -0.1) is 0 Å². The minimum Gasteiger partial charge on any atom is -0.398 e. The molecule has 2 rings (SSSR count). The van der Waals surface area contributed by atoms with E-state index in [4.69, 9.17) is 17.3 Å². The first-order valence-corrected chi connectivity index (χ1v) is 6.53. The van der Waals surface area contributed by atoms with Gasteiger partial charge in [0.15, 0.2) is 0 Å². The third-order valence-electron chi connectivity index (χ3n) is 3.30. The average molecular weight is 281 g/mol. The van der Waals surface area contributed by atoms with Gasteiger partial charge < -0.3 is 5.73 Å². The molecule has 1 aromatic carbocycles. The third-order valence-corrected chi connectivity index (χ3v) is 3.53. The van der Waals surface area contributed by atoms with Crippen LogP contribution in [0.15, 0.2) is 18.2 Å². The molecule has 0 radical (unpaired) electrons. The van der Waals surface area contributed by atoms with E-state index < -0.39 is 0 Å². The molecule has 4 nitrogen and oxygen atoms in total. The SMILES string of the molecule is CC1(C)CC(=O)N(Cc2ccc(Cl)cc2N)C(=O)C1. The molecule has 0 bridgehead atoms. The van der Waals surface area contributed by atoms with Crippen molar-refractivity contribution in [2.75, 3.05) is 5.73 Å². The smallest absolute Gasteiger partial charge is 0.230 e. The Hall–Kier alpha value is -1.55. The van der Waals surface area contributed by atoms with Crippen LogP contribution in [0, 0.1) is 5.41 Å². The molecule has 1 saturated heterocycles. The lowest BCUT2D eigenvalue weighted by molar-refractivity contribution is -0.153. The molecule has 1 aliphatic heterocycles. The summed E-state index contributed by atoms with van der Waals surface area (Å²) in [5, 5.41) is 0.540. The maximum Gasteiger partial charge on any atom is 0.230 e. The molecule has 1 aromatic rings. The molecule has 0 aliphatic carbocycles. The molecular weight excluding hydrogens is 264 g/mol. The number of carbonyl (C=O) groups is 2. The largest absolute Gasteiger partial charge is 0.398 e. The lowest BCUT2D eigenvalue weighted by atomic mass is 9.81. The van der Waals surface area contributed by atoms with E-state index in [1.165, 1.54) is 4.90 Å². The van der Waals surface area contributed by atoms with Crippen LogP contribution >= 0.6 is 11.6 Å². The van der Waals surface area contributed by atoms with Gasteiger partial charge in [0.1, 0.15) is 0 Å². The molecular formula is C14H17ClN2O2. The highest BCUT2D eigenvalue weighted by Gasteiger charge is 2.37. The maximum atomic E-state index is 12.0. The number of nitrogen functional groups attached to an aromatic ring is 1. The summed E-state index contributed by atoms with van der Waals surface area (Å²) >= 11 is 5.83. The van der Waals surface area contributed by atoms with Crippen molar-refractivity contribution in [2.45, 2.75) is 33.2 Å². The zero-order valence-corrected chi connectivity index (χ0v) is 11.8. The van der Waals surface area contributed by atoms with Gasteiger partial charge in [-0.3, -0.25) is 14.5 Å². The van der Waals surface area contributed by atoms with Gasteiger partial charge in [0.2, 0.25) is 11.8 Å². The topological polar surface area (TPSA) is 63.4 Å². The van der Waals surface area contributed by atoms with E-state index in [-0.39, 0.29) is 23.8 Å². The first-order valence-electron chi connectivity index (χ1n) is 6.16. The van der Waals surface area contributed by atoms with Gasteiger partial charge in [-0.25, -0.2) is 0 Å². The van der Waals surface area contributed by atoms with Crippen molar-refractivity contribution >= 4 is 29.1 Å². The van der Waals surface area contributed by atoms with E-state index in [2.05, 4.69) is 0 Å². The number of carbonyl (C=O) groups excluding carboxylic acids is 2. The lowest BCUT2D eigenvalue weighted by Gasteiger charge is -2.34. The Labute approximate surface area is 117 Å². The highest BCUT2D eigenvalue weighted by Crippen LogP contribution is 2.32. The van der Waals surface area contributed by atoms with E-state index in [0.29, 0.717) is 23.6 Å². The van der Waals surface area contributed by atoms with Crippen molar-refractivity contribution in [2.24, 2.45) is 5.41 Å². The van der Waals surface area contributed by atoms with Crippen LogP contribution in [0.3, 0.4) is 0 Å². The number of nitrogens with two attached hydrogens (primary N) is 1. The molecule has 2 amide bonds.